The van der Waals surface area contributed by atoms with Gasteiger partial charge in [-0.25, -0.2) is 0 Å². The zero-order chi connectivity index (χ0) is 26.6. The third kappa shape index (κ3) is 6.60. The van der Waals surface area contributed by atoms with Gasteiger partial charge in [0.2, 0.25) is 17.6 Å². The number of rotatable bonds is 8. The molecule has 0 radical (unpaired) electrons. The fraction of sp³-hybridized carbons (Fsp3) is 0.296. The lowest BCUT2D eigenvalue weighted by atomic mass is 10.0. The van der Waals surface area contributed by atoms with Crippen LogP contribution in [0.25, 0.3) is 11.6 Å². The molecule has 0 aliphatic heterocycles. The standard InChI is InChI=1S/C27H30N6O4/c1-18-10-15-22(37-18)25-29-31-33(30-25)17-23(35)32(16-19-8-6-5-7-9-19)24(26(36)28-27(2,3)4)20-11-13-21(34)14-12-20/h5-15,24,34H,16-17H2,1-4H3,(H,28,36). The molecule has 2 amide bonds. The Morgan fingerprint density at radius 1 is 1.05 bits per heavy atom. The molecule has 2 N–H and O–H groups in total. The van der Waals surface area contributed by atoms with Crippen molar-refractivity contribution >= 4 is 11.8 Å². The van der Waals surface area contributed by atoms with Gasteiger partial charge in [-0.3, -0.25) is 9.59 Å². The molecule has 1 unspecified atom stereocenters. The Balaban J connectivity index is 1.69. The number of benzene rings is 2. The Kier molecular flexibility index (Phi) is 7.37. The van der Waals surface area contributed by atoms with Crippen molar-refractivity contribution in [2.75, 3.05) is 0 Å². The van der Waals surface area contributed by atoms with Crippen LogP contribution < -0.4 is 5.32 Å². The maximum Gasteiger partial charge on any atom is 0.247 e. The van der Waals surface area contributed by atoms with Crippen molar-refractivity contribution in [3.05, 3.63) is 83.6 Å². The summed E-state index contributed by atoms with van der Waals surface area (Å²) in [5.41, 5.74) is 0.876. The van der Waals surface area contributed by atoms with Crippen LogP contribution in [0, 0.1) is 6.92 Å². The molecular formula is C27H30N6O4. The van der Waals surface area contributed by atoms with Crippen LogP contribution in [0.1, 0.15) is 43.7 Å². The number of nitrogens with one attached hydrogen (secondary N) is 1. The predicted molar refractivity (Wildman–Crippen MR) is 136 cm³/mol. The molecule has 0 aliphatic rings. The molecule has 0 saturated heterocycles. The van der Waals surface area contributed by atoms with E-state index >= 15 is 0 Å². The Morgan fingerprint density at radius 3 is 2.38 bits per heavy atom. The maximum atomic E-state index is 13.8. The van der Waals surface area contributed by atoms with Gasteiger partial charge in [0.25, 0.3) is 0 Å². The van der Waals surface area contributed by atoms with Gasteiger partial charge in [-0.15, -0.1) is 10.2 Å². The minimum Gasteiger partial charge on any atom is -0.508 e. The van der Waals surface area contributed by atoms with E-state index in [0.29, 0.717) is 17.1 Å². The van der Waals surface area contributed by atoms with Crippen molar-refractivity contribution in [2.45, 2.75) is 52.4 Å². The fourth-order valence-corrected chi connectivity index (χ4v) is 3.85. The van der Waals surface area contributed by atoms with Crippen LogP contribution in [0.4, 0.5) is 0 Å². The molecule has 2 aromatic heterocycles. The van der Waals surface area contributed by atoms with Crippen LogP contribution in [-0.4, -0.2) is 47.6 Å². The van der Waals surface area contributed by atoms with Gasteiger partial charge in [0.1, 0.15) is 24.1 Å². The molecule has 4 rings (SSSR count). The van der Waals surface area contributed by atoms with Gasteiger partial charge in [0, 0.05) is 12.1 Å². The molecule has 2 heterocycles. The van der Waals surface area contributed by atoms with Gasteiger partial charge >= 0.3 is 0 Å². The first-order valence-corrected chi connectivity index (χ1v) is 11.9. The zero-order valence-corrected chi connectivity index (χ0v) is 21.3. The van der Waals surface area contributed by atoms with Gasteiger partial charge in [-0.05, 0) is 68.3 Å². The first-order valence-electron chi connectivity index (χ1n) is 11.9. The molecule has 0 aliphatic carbocycles. The first-order chi connectivity index (χ1) is 17.6. The largest absolute Gasteiger partial charge is 0.508 e. The second-order valence-electron chi connectivity index (χ2n) is 9.79. The third-order valence-electron chi connectivity index (χ3n) is 5.47. The van der Waals surface area contributed by atoms with Crippen molar-refractivity contribution in [3.8, 4) is 17.3 Å². The quantitative estimate of drug-likeness (QED) is 0.377. The van der Waals surface area contributed by atoms with Gasteiger partial charge in [-0.1, -0.05) is 42.5 Å². The van der Waals surface area contributed by atoms with Crippen LogP contribution in [0.2, 0.25) is 0 Å². The molecule has 4 aromatic rings. The monoisotopic (exact) mass is 502 g/mol. The number of phenols is 1. The highest BCUT2D eigenvalue weighted by Crippen LogP contribution is 2.27. The van der Waals surface area contributed by atoms with E-state index in [0.717, 1.165) is 5.56 Å². The number of hydrogen-bond acceptors (Lipinski definition) is 7. The van der Waals surface area contributed by atoms with Crippen LogP contribution >= 0.6 is 0 Å². The van der Waals surface area contributed by atoms with Crippen molar-refractivity contribution < 1.29 is 19.1 Å². The Hall–Kier alpha value is -4.47. The summed E-state index contributed by atoms with van der Waals surface area (Å²) in [5, 5.41) is 25.1. The number of tetrazole rings is 1. The number of phenolic OH excluding ortho intramolecular Hbond substituents is 1. The number of aromatic nitrogens is 4. The molecular weight excluding hydrogens is 472 g/mol. The zero-order valence-electron chi connectivity index (χ0n) is 21.3. The van der Waals surface area contributed by atoms with E-state index in [1.54, 1.807) is 24.3 Å². The molecule has 0 bridgehead atoms. The fourth-order valence-electron chi connectivity index (χ4n) is 3.85. The van der Waals surface area contributed by atoms with E-state index in [1.807, 2.05) is 58.0 Å². The highest BCUT2D eigenvalue weighted by Gasteiger charge is 2.34. The van der Waals surface area contributed by atoms with Gasteiger partial charge in [-0.2, -0.15) is 4.80 Å². The molecule has 0 saturated carbocycles. The van der Waals surface area contributed by atoms with E-state index in [1.165, 1.54) is 21.8 Å². The van der Waals surface area contributed by atoms with Gasteiger partial charge in [0.15, 0.2) is 5.76 Å². The molecule has 1 atom stereocenters. The lowest BCUT2D eigenvalue weighted by Crippen LogP contribution is -2.49. The number of aromatic hydroxyl groups is 1. The second kappa shape index (κ2) is 10.7. The highest BCUT2D eigenvalue weighted by molar-refractivity contribution is 5.89. The molecule has 0 spiro atoms. The minimum atomic E-state index is -0.969. The van der Waals surface area contributed by atoms with Crippen molar-refractivity contribution in [1.82, 2.24) is 30.4 Å². The number of aryl methyl sites for hydroxylation is 1. The summed E-state index contributed by atoms with van der Waals surface area (Å²) in [4.78, 5) is 30.0. The SMILES string of the molecule is Cc1ccc(-c2nnn(CC(=O)N(Cc3ccccc3)C(C(=O)NC(C)(C)C)c3ccc(O)cc3)n2)o1. The lowest BCUT2D eigenvalue weighted by Gasteiger charge is -2.33. The Morgan fingerprint density at radius 2 is 1.76 bits per heavy atom. The van der Waals surface area contributed by atoms with E-state index in [4.69, 9.17) is 4.42 Å². The van der Waals surface area contributed by atoms with Crippen molar-refractivity contribution in [2.24, 2.45) is 0 Å². The lowest BCUT2D eigenvalue weighted by molar-refractivity contribution is -0.143. The molecule has 10 nitrogen and oxygen atoms in total. The summed E-state index contributed by atoms with van der Waals surface area (Å²) in [6.45, 7) is 7.36. The molecule has 192 valence electrons. The van der Waals surface area contributed by atoms with E-state index in [9.17, 15) is 14.7 Å². The second-order valence-corrected chi connectivity index (χ2v) is 9.79. The number of amides is 2. The molecule has 0 fully saturated rings. The summed E-state index contributed by atoms with van der Waals surface area (Å²) in [7, 11) is 0. The first kappa shape index (κ1) is 25.6. The summed E-state index contributed by atoms with van der Waals surface area (Å²) in [6.07, 6.45) is 0. The summed E-state index contributed by atoms with van der Waals surface area (Å²) in [5.74, 6) is 0.747. The highest BCUT2D eigenvalue weighted by atomic mass is 16.3. The molecule has 10 heteroatoms. The average Bonchev–Trinajstić information content (AvgIpc) is 3.48. The number of carbonyl (C=O) groups is 2. The third-order valence-corrected chi connectivity index (χ3v) is 5.47. The number of carbonyl (C=O) groups excluding carboxylic acids is 2. The van der Waals surface area contributed by atoms with Crippen LogP contribution in [-0.2, 0) is 22.7 Å². The van der Waals surface area contributed by atoms with Crippen LogP contribution in [0.5, 0.6) is 5.75 Å². The smallest absolute Gasteiger partial charge is 0.247 e. The van der Waals surface area contributed by atoms with Crippen molar-refractivity contribution in [1.29, 1.82) is 0 Å². The Bertz CT molecular complexity index is 1360. The maximum absolute atomic E-state index is 13.8. The molecule has 37 heavy (non-hydrogen) atoms. The number of nitrogens with zero attached hydrogens (tertiary/aromatic N) is 5. The van der Waals surface area contributed by atoms with Crippen molar-refractivity contribution in [3.63, 3.8) is 0 Å². The van der Waals surface area contributed by atoms with Gasteiger partial charge < -0.3 is 19.7 Å². The normalized spacial score (nSPS) is 12.2. The van der Waals surface area contributed by atoms with E-state index in [-0.39, 0.29) is 36.5 Å². The van der Waals surface area contributed by atoms with Crippen LogP contribution in [0.3, 0.4) is 0 Å². The Labute approximate surface area is 214 Å². The van der Waals surface area contributed by atoms with E-state index in [2.05, 4.69) is 20.7 Å². The summed E-state index contributed by atoms with van der Waals surface area (Å²) >= 11 is 0. The minimum absolute atomic E-state index is 0.0622. The average molecular weight is 503 g/mol. The van der Waals surface area contributed by atoms with Gasteiger partial charge in [0.05, 0.1) is 0 Å². The topological polar surface area (TPSA) is 126 Å². The summed E-state index contributed by atoms with van der Waals surface area (Å²) < 4.78 is 5.55. The predicted octanol–water partition coefficient (Wildman–Crippen LogP) is 3.63. The van der Waals surface area contributed by atoms with Crippen LogP contribution in [0.15, 0.2) is 71.1 Å². The number of furan rings is 1. The molecule has 2 aromatic carbocycles. The van der Waals surface area contributed by atoms with E-state index < -0.39 is 11.6 Å². The summed E-state index contributed by atoms with van der Waals surface area (Å²) in [6, 6.07) is 18.2. The number of hydrogen-bond donors (Lipinski definition) is 2.